The largest absolute Gasteiger partial charge is 0.354 e. The lowest BCUT2D eigenvalue weighted by Crippen LogP contribution is -2.46. The molecule has 158 valence electrons. The van der Waals surface area contributed by atoms with Crippen molar-refractivity contribution >= 4 is 5.82 Å². The number of pyridine rings is 2. The predicted octanol–water partition coefficient (Wildman–Crippen LogP) is 3.38. The first-order valence-electron chi connectivity index (χ1n) is 10.7. The third-order valence-corrected chi connectivity index (χ3v) is 5.77. The van der Waals surface area contributed by atoms with Crippen molar-refractivity contribution in [3.05, 3.63) is 42.4 Å². The Kier molecular flexibility index (Phi) is 5.56. The number of hydrogen-bond acceptors (Lipinski definition) is 6. The van der Waals surface area contributed by atoms with Crippen molar-refractivity contribution in [2.45, 2.75) is 33.1 Å². The van der Waals surface area contributed by atoms with Crippen molar-refractivity contribution in [1.29, 1.82) is 0 Å². The van der Waals surface area contributed by atoms with Crippen LogP contribution in [0.5, 0.6) is 0 Å². The van der Waals surface area contributed by atoms with Gasteiger partial charge >= 0.3 is 0 Å². The number of nitrogens with zero attached hydrogens (tertiary/aromatic N) is 7. The number of hydrogen-bond donors (Lipinski definition) is 0. The molecule has 7 nitrogen and oxygen atoms in total. The molecule has 0 saturated carbocycles. The van der Waals surface area contributed by atoms with Crippen LogP contribution in [0.15, 0.2) is 36.8 Å². The van der Waals surface area contributed by atoms with Gasteiger partial charge in [0.05, 0.1) is 0 Å². The van der Waals surface area contributed by atoms with E-state index < -0.39 is 0 Å². The van der Waals surface area contributed by atoms with Gasteiger partial charge in [0.15, 0.2) is 11.6 Å². The van der Waals surface area contributed by atoms with Gasteiger partial charge in [-0.2, -0.15) is 5.10 Å². The van der Waals surface area contributed by atoms with Crippen LogP contribution in [0.25, 0.3) is 22.8 Å². The van der Waals surface area contributed by atoms with Gasteiger partial charge in [-0.3, -0.25) is 4.98 Å². The van der Waals surface area contributed by atoms with Crippen LogP contribution in [0, 0.1) is 0 Å². The highest BCUT2D eigenvalue weighted by Crippen LogP contribution is 2.28. The van der Waals surface area contributed by atoms with Gasteiger partial charge in [-0.25, -0.2) is 14.6 Å². The summed E-state index contributed by atoms with van der Waals surface area (Å²) in [5.74, 6) is 2.52. The number of rotatable bonds is 4. The first-order chi connectivity index (χ1) is 14.3. The summed E-state index contributed by atoms with van der Waals surface area (Å²) in [4.78, 5) is 18.7. The van der Waals surface area contributed by atoms with Crippen LogP contribution in [-0.4, -0.2) is 62.4 Å². The van der Waals surface area contributed by atoms with Gasteiger partial charge in [-0.05, 0) is 35.7 Å². The summed E-state index contributed by atoms with van der Waals surface area (Å²) in [6.45, 7) is 14.0. The Labute approximate surface area is 178 Å². The Balaban J connectivity index is 1.61. The van der Waals surface area contributed by atoms with Crippen LogP contribution in [0.3, 0.4) is 0 Å². The van der Waals surface area contributed by atoms with Crippen LogP contribution in [0.1, 0.15) is 33.3 Å². The molecule has 0 unspecified atom stereocenters. The minimum absolute atomic E-state index is 0.0340. The fourth-order valence-corrected chi connectivity index (χ4v) is 3.75. The van der Waals surface area contributed by atoms with Gasteiger partial charge in [0, 0.05) is 62.9 Å². The molecule has 0 amide bonds. The van der Waals surface area contributed by atoms with Gasteiger partial charge in [0.25, 0.3) is 0 Å². The van der Waals surface area contributed by atoms with E-state index >= 15 is 0 Å². The van der Waals surface area contributed by atoms with E-state index in [0.717, 1.165) is 55.5 Å². The van der Waals surface area contributed by atoms with E-state index in [0.29, 0.717) is 5.82 Å². The van der Waals surface area contributed by atoms with Crippen LogP contribution in [0.4, 0.5) is 5.82 Å². The van der Waals surface area contributed by atoms with E-state index in [4.69, 9.17) is 4.98 Å². The fourth-order valence-electron chi connectivity index (χ4n) is 3.75. The lowest BCUT2D eigenvalue weighted by atomic mass is 9.87. The zero-order valence-corrected chi connectivity index (χ0v) is 18.6. The van der Waals surface area contributed by atoms with Crippen LogP contribution in [-0.2, 0) is 12.5 Å². The Bertz CT molecular complexity index is 1010. The molecule has 30 heavy (non-hydrogen) atoms. The van der Waals surface area contributed by atoms with E-state index in [1.807, 2.05) is 36.4 Å². The van der Waals surface area contributed by atoms with E-state index in [1.54, 1.807) is 0 Å². The maximum atomic E-state index is 4.84. The molecular weight excluding hydrogens is 374 g/mol. The molecule has 4 rings (SSSR count). The Morgan fingerprint density at radius 2 is 1.77 bits per heavy atom. The van der Waals surface area contributed by atoms with Gasteiger partial charge in [-0.15, -0.1) is 0 Å². The minimum Gasteiger partial charge on any atom is -0.354 e. The summed E-state index contributed by atoms with van der Waals surface area (Å²) >= 11 is 0. The molecule has 0 radical (unpaired) electrons. The molecule has 0 spiro atoms. The molecule has 4 heterocycles. The van der Waals surface area contributed by atoms with Crippen molar-refractivity contribution in [3.8, 4) is 22.8 Å². The van der Waals surface area contributed by atoms with Crippen molar-refractivity contribution in [2.75, 3.05) is 37.6 Å². The van der Waals surface area contributed by atoms with Crippen molar-refractivity contribution in [2.24, 2.45) is 7.05 Å². The average Bonchev–Trinajstić information content (AvgIpc) is 3.15. The summed E-state index contributed by atoms with van der Waals surface area (Å²) in [6.07, 6.45) is 5.64. The number of piperazine rings is 1. The van der Waals surface area contributed by atoms with Gasteiger partial charge in [0.1, 0.15) is 5.82 Å². The molecular formula is C23H31N7. The lowest BCUT2D eigenvalue weighted by Gasteiger charge is -2.34. The molecule has 1 aliphatic rings. The van der Waals surface area contributed by atoms with Crippen LogP contribution < -0.4 is 4.90 Å². The van der Waals surface area contributed by atoms with Crippen molar-refractivity contribution in [1.82, 2.24) is 29.6 Å². The zero-order chi connectivity index (χ0) is 21.3. The second-order valence-electron chi connectivity index (χ2n) is 8.92. The monoisotopic (exact) mass is 405 g/mol. The Hall–Kier alpha value is -2.80. The van der Waals surface area contributed by atoms with Crippen molar-refractivity contribution < 1.29 is 0 Å². The maximum Gasteiger partial charge on any atom is 0.181 e. The van der Waals surface area contributed by atoms with Gasteiger partial charge < -0.3 is 9.80 Å². The Morgan fingerprint density at radius 1 is 1.00 bits per heavy atom. The third-order valence-electron chi connectivity index (χ3n) is 5.77. The average molecular weight is 406 g/mol. The fraction of sp³-hybridized carbons (Fsp3) is 0.478. The molecule has 1 fully saturated rings. The molecule has 1 aliphatic heterocycles. The van der Waals surface area contributed by atoms with E-state index in [9.17, 15) is 0 Å². The molecule has 0 aromatic carbocycles. The maximum absolute atomic E-state index is 4.84. The highest BCUT2D eigenvalue weighted by atomic mass is 15.3. The van der Waals surface area contributed by atoms with Crippen LogP contribution in [0.2, 0.25) is 0 Å². The summed E-state index contributed by atoms with van der Waals surface area (Å²) in [7, 11) is 1.93. The predicted molar refractivity (Wildman–Crippen MR) is 120 cm³/mol. The van der Waals surface area contributed by atoms with E-state index in [1.165, 1.54) is 5.56 Å². The first-order valence-corrected chi connectivity index (χ1v) is 10.7. The number of aryl methyl sites for hydroxylation is 1. The standard InChI is InChI=1S/C23H31N7/c1-6-29-9-11-30(12-10-29)20-14-17(7-8-25-20)21-26-22(28(5)27-21)18-13-19(16-24-15-18)23(2,3)4/h7-8,13-16H,6,9-12H2,1-5H3. The highest BCUT2D eigenvalue weighted by molar-refractivity contribution is 5.64. The zero-order valence-electron chi connectivity index (χ0n) is 18.6. The van der Waals surface area contributed by atoms with Gasteiger partial charge in [-0.1, -0.05) is 27.7 Å². The molecule has 0 bridgehead atoms. The molecule has 3 aromatic rings. The summed E-state index contributed by atoms with van der Waals surface area (Å²) in [5.41, 5.74) is 3.18. The molecule has 0 aliphatic carbocycles. The molecule has 0 N–H and O–H groups in total. The summed E-state index contributed by atoms with van der Waals surface area (Å²) in [5, 5.41) is 4.68. The van der Waals surface area contributed by atoms with Crippen molar-refractivity contribution in [3.63, 3.8) is 0 Å². The minimum atomic E-state index is 0.0340. The SMILES string of the molecule is CCN1CCN(c2cc(-c3nc(-c4cncc(C(C)(C)C)c4)n(C)n3)ccn2)CC1. The second-order valence-corrected chi connectivity index (χ2v) is 8.92. The first kappa shape index (κ1) is 20.5. The third kappa shape index (κ3) is 4.21. The summed E-state index contributed by atoms with van der Waals surface area (Å²) in [6, 6.07) is 6.24. The molecule has 1 saturated heterocycles. The molecule has 3 aromatic heterocycles. The number of anilines is 1. The molecule has 0 atom stereocenters. The molecule has 7 heteroatoms. The smallest absolute Gasteiger partial charge is 0.181 e. The lowest BCUT2D eigenvalue weighted by molar-refractivity contribution is 0.270. The quantitative estimate of drug-likeness (QED) is 0.663. The normalized spacial score (nSPS) is 15.6. The van der Waals surface area contributed by atoms with E-state index in [-0.39, 0.29) is 5.41 Å². The van der Waals surface area contributed by atoms with Crippen LogP contribution >= 0.6 is 0 Å². The number of likely N-dealkylation sites (N-methyl/N-ethyl adjacent to an activating group) is 1. The summed E-state index contributed by atoms with van der Waals surface area (Å²) < 4.78 is 1.83. The highest BCUT2D eigenvalue weighted by Gasteiger charge is 2.20. The van der Waals surface area contributed by atoms with E-state index in [2.05, 4.69) is 64.7 Å². The second kappa shape index (κ2) is 8.14. The number of aromatic nitrogens is 5. The Morgan fingerprint density at radius 3 is 2.47 bits per heavy atom. The van der Waals surface area contributed by atoms with Gasteiger partial charge in [0.2, 0.25) is 0 Å². The topological polar surface area (TPSA) is 63.0 Å².